The Morgan fingerprint density at radius 1 is 1.10 bits per heavy atom. The number of carbonyl (C=O) groups is 2. The summed E-state index contributed by atoms with van der Waals surface area (Å²) in [6.07, 6.45) is -0.579. The smallest absolute Gasteiger partial charge is 0.302 e. The number of carbonyl (C=O) groups excluding carboxylic acids is 2. The number of hydrazone groups is 1. The molecule has 2 aliphatic heterocycles. The van der Waals surface area contributed by atoms with Gasteiger partial charge in [-0.15, -0.1) is 11.8 Å². The van der Waals surface area contributed by atoms with Crippen LogP contribution in [-0.2, 0) is 14.3 Å². The first-order chi connectivity index (χ1) is 14.3. The highest BCUT2D eigenvalue weighted by Gasteiger charge is 2.67. The van der Waals surface area contributed by atoms with E-state index in [1.165, 1.54) is 11.9 Å². The Hall–Kier alpha value is -2.60. The molecule has 156 valence electrons. The summed E-state index contributed by atoms with van der Waals surface area (Å²) in [4.78, 5) is 26.2. The third-order valence-corrected chi connectivity index (χ3v) is 7.07. The Morgan fingerprint density at radius 2 is 1.70 bits per heavy atom. The van der Waals surface area contributed by atoms with Crippen LogP contribution in [0.5, 0.6) is 0 Å². The third kappa shape index (κ3) is 3.23. The molecule has 5 nitrogen and oxygen atoms in total. The molecule has 1 saturated heterocycles. The van der Waals surface area contributed by atoms with E-state index in [9.17, 15) is 9.59 Å². The summed E-state index contributed by atoms with van der Waals surface area (Å²) in [5.41, 5.74) is 1.07. The van der Waals surface area contributed by atoms with Crippen LogP contribution in [-0.4, -0.2) is 29.4 Å². The van der Waals surface area contributed by atoms with Crippen molar-refractivity contribution in [2.24, 2.45) is 15.9 Å². The lowest BCUT2D eigenvalue weighted by Gasteiger charge is -2.38. The molecular formula is C24H26N2O3S. The molecular weight excluding hydrogens is 396 g/mol. The SMILES string of the molecule is CC(=O)O[C@H]1CS[C@@H](c2ccccc2)[C@]12C(=O)N(c1ccccc1)N=C2C(C)(C)C. The lowest BCUT2D eigenvalue weighted by atomic mass is 9.65. The van der Waals surface area contributed by atoms with Gasteiger partial charge >= 0.3 is 5.97 Å². The summed E-state index contributed by atoms with van der Waals surface area (Å²) in [6.45, 7) is 7.58. The number of hydrogen-bond acceptors (Lipinski definition) is 5. The Kier molecular flexibility index (Phi) is 5.22. The number of rotatable bonds is 3. The fourth-order valence-electron chi connectivity index (χ4n) is 4.48. The first-order valence-electron chi connectivity index (χ1n) is 10.1. The molecule has 0 radical (unpaired) electrons. The van der Waals surface area contributed by atoms with E-state index >= 15 is 0 Å². The van der Waals surface area contributed by atoms with Crippen LogP contribution in [0.25, 0.3) is 0 Å². The summed E-state index contributed by atoms with van der Waals surface area (Å²) in [7, 11) is 0. The molecule has 2 aromatic rings. The Balaban J connectivity index is 1.93. The first kappa shape index (κ1) is 20.7. The van der Waals surface area contributed by atoms with Gasteiger partial charge < -0.3 is 4.74 Å². The van der Waals surface area contributed by atoms with E-state index in [1.807, 2.05) is 60.7 Å². The van der Waals surface area contributed by atoms with Crippen molar-refractivity contribution in [1.29, 1.82) is 0 Å². The second kappa shape index (κ2) is 7.58. The van der Waals surface area contributed by atoms with Crippen molar-refractivity contribution in [2.45, 2.75) is 39.0 Å². The average molecular weight is 423 g/mol. The molecule has 0 aliphatic carbocycles. The Labute approximate surface area is 181 Å². The van der Waals surface area contributed by atoms with E-state index in [0.29, 0.717) is 11.4 Å². The molecule has 2 heterocycles. The standard InChI is InChI=1S/C24H26N2O3S/c1-16(27)29-19-15-30-20(17-11-7-5-8-12-17)24(19)21(23(2,3)4)25-26(22(24)28)18-13-9-6-10-14-18/h5-14,19-20H,15H2,1-4H3/t19-,20-,24+/m0/s1. The van der Waals surface area contributed by atoms with Crippen LogP contribution >= 0.6 is 11.8 Å². The quantitative estimate of drug-likeness (QED) is 0.664. The molecule has 3 atom stereocenters. The lowest BCUT2D eigenvalue weighted by Crippen LogP contribution is -2.53. The van der Waals surface area contributed by atoms with Gasteiger partial charge in [0.1, 0.15) is 11.5 Å². The number of anilines is 1. The van der Waals surface area contributed by atoms with E-state index in [1.54, 1.807) is 11.8 Å². The topological polar surface area (TPSA) is 59.0 Å². The van der Waals surface area contributed by atoms with Crippen LogP contribution in [0.1, 0.15) is 38.5 Å². The minimum atomic E-state index is -1.05. The van der Waals surface area contributed by atoms with Crippen molar-refractivity contribution >= 4 is 35.0 Å². The summed E-state index contributed by atoms with van der Waals surface area (Å²) in [5.74, 6) is 0.0273. The van der Waals surface area contributed by atoms with Gasteiger partial charge in [0.25, 0.3) is 5.91 Å². The molecule has 4 rings (SSSR count). The van der Waals surface area contributed by atoms with Gasteiger partial charge in [-0.1, -0.05) is 69.3 Å². The van der Waals surface area contributed by atoms with Crippen LogP contribution in [0.4, 0.5) is 5.69 Å². The van der Waals surface area contributed by atoms with Gasteiger partial charge in [-0.3, -0.25) is 9.59 Å². The van der Waals surface area contributed by atoms with Crippen molar-refractivity contribution in [3.8, 4) is 0 Å². The zero-order valence-electron chi connectivity index (χ0n) is 17.7. The third-order valence-electron chi connectivity index (χ3n) is 5.60. The average Bonchev–Trinajstić information content (AvgIpc) is 3.22. The number of thioether (sulfide) groups is 1. The highest BCUT2D eigenvalue weighted by molar-refractivity contribution is 8.00. The summed E-state index contributed by atoms with van der Waals surface area (Å²) in [5, 5.41) is 6.18. The van der Waals surface area contributed by atoms with Crippen LogP contribution in [0.15, 0.2) is 65.8 Å². The van der Waals surface area contributed by atoms with Crippen LogP contribution in [0.2, 0.25) is 0 Å². The zero-order valence-corrected chi connectivity index (χ0v) is 18.5. The van der Waals surface area contributed by atoms with Crippen LogP contribution in [0, 0.1) is 10.8 Å². The minimum absolute atomic E-state index is 0.135. The maximum absolute atomic E-state index is 14.2. The highest BCUT2D eigenvalue weighted by Crippen LogP contribution is 2.60. The molecule has 2 aromatic carbocycles. The molecule has 0 aromatic heterocycles. The monoisotopic (exact) mass is 422 g/mol. The fourth-order valence-corrected chi connectivity index (χ4v) is 6.15. The second-order valence-corrected chi connectivity index (χ2v) is 9.88. The minimum Gasteiger partial charge on any atom is -0.460 e. The van der Waals surface area contributed by atoms with Crippen molar-refractivity contribution in [1.82, 2.24) is 0 Å². The van der Waals surface area contributed by atoms with Crippen molar-refractivity contribution in [3.05, 3.63) is 66.2 Å². The van der Waals surface area contributed by atoms with E-state index in [-0.39, 0.29) is 17.1 Å². The number of amides is 1. The van der Waals surface area contributed by atoms with Gasteiger partial charge in [-0.05, 0) is 17.7 Å². The summed E-state index contributed by atoms with van der Waals surface area (Å²) < 4.78 is 5.79. The highest BCUT2D eigenvalue weighted by atomic mass is 32.2. The van der Waals surface area contributed by atoms with E-state index in [2.05, 4.69) is 20.8 Å². The number of esters is 1. The lowest BCUT2D eigenvalue weighted by molar-refractivity contribution is -0.151. The van der Waals surface area contributed by atoms with Crippen LogP contribution in [0.3, 0.4) is 0 Å². The van der Waals surface area contributed by atoms with E-state index in [4.69, 9.17) is 9.84 Å². The van der Waals surface area contributed by atoms with Gasteiger partial charge in [0.05, 0.1) is 16.6 Å². The molecule has 2 aliphatic rings. The Bertz CT molecular complexity index is 985. The largest absolute Gasteiger partial charge is 0.460 e. The number of benzene rings is 2. The van der Waals surface area contributed by atoms with Crippen molar-refractivity contribution < 1.29 is 14.3 Å². The molecule has 1 spiro atoms. The maximum Gasteiger partial charge on any atom is 0.302 e. The Morgan fingerprint density at radius 3 is 2.27 bits per heavy atom. The molecule has 0 saturated carbocycles. The predicted molar refractivity (Wildman–Crippen MR) is 120 cm³/mol. The van der Waals surface area contributed by atoms with Crippen LogP contribution < -0.4 is 5.01 Å². The van der Waals surface area contributed by atoms with Gasteiger partial charge in [0.2, 0.25) is 0 Å². The number of hydrogen-bond donors (Lipinski definition) is 0. The van der Waals surface area contributed by atoms with Gasteiger partial charge in [-0.2, -0.15) is 10.1 Å². The fraction of sp³-hybridized carbons (Fsp3) is 0.375. The maximum atomic E-state index is 14.2. The molecule has 6 heteroatoms. The van der Waals surface area contributed by atoms with E-state index < -0.39 is 16.9 Å². The number of para-hydroxylation sites is 1. The molecule has 1 amide bonds. The summed E-state index contributed by atoms with van der Waals surface area (Å²) in [6, 6.07) is 19.4. The molecule has 1 fully saturated rings. The second-order valence-electron chi connectivity index (χ2n) is 8.74. The van der Waals surface area contributed by atoms with Gasteiger partial charge in [0.15, 0.2) is 0 Å². The number of ether oxygens (including phenoxy) is 1. The molecule has 0 unspecified atom stereocenters. The van der Waals surface area contributed by atoms with Gasteiger partial charge in [-0.25, -0.2) is 0 Å². The molecule has 30 heavy (non-hydrogen) atoms. The molecule has 0 bridgehead atoms. The normalized spacial score (nSPS) is 26.2. The molecule has 0 N–H and O–H groups in total. The zero-order chi connectivity index (χ0) is 21.5. The van der Waals surface area contributed by atoms with Crippen molar-refractivity contribution in [3.63, 3.8) is 0 Å². The predicted octanol–water partition coefficient (Wildman–Crippen LogP) is 4.84. The summed E-state index contributed by atoms with van der Waals surface area (Å²) >= 11 is 1.66. The van der Waals surface area contributed by atoms with E-state index in [0.717, 1.165) is 11.3 Å². The number of nitrogens with zero attached hydrogens (tertiary/aromatic N) is 2. The first-order valence-corrected chi connectivity index (χ1v) is 11.1. The van der Waals surface area contributed by atoms with Gasteiger partial charge in [0, 0.05) is 18.1 Å². The van der Waals surface area contributed by atoms with Crippen molar-refractivity contribution in [2.75, 3.05) is 10.8 Å².